The molecule has 3 rings (SSSR count). The summed E-state index contributed by atoms with van der Waals surface area (Å²) in [6, 6.07) is 8.21. The molecule has 1 aromatic carbocycles. The van der Waals surface area contributed by atoms with Crippen LogP contribution in [0.15, 0.2) is 34.9 Å². The van der Waals surface area contributed by atoms with Crippen LogP contribution in [0.4, 0.5) is 0 Å². The Balaban J connectivity index is 2.23. The van der Waals surface area contributed by atoms with E-state index < -0.39 is 5.60 Å². The van der Waals surface area contributed by atoms with Gasteiger partial charge in [-0.25, -0.2) is 0 Å². The summed E-state index contributed by atoms with van der Waals surface area (Å²) in [5.41, 5.74) is 2.17. The maximum atomic E-state index is 11.3. The lowest BCUT2D eigenvalue weighted by atomic mass is 9.85. The van der Waals surface area contributed by atoms with Gasteiger partial charge in [0.15, 0.2) is 0 Å². The van der Waals surface area contributed by atoms with Crippen molar-refractivity contribution < 1.29 is 5.11 Å². The topological polar surface area (TPSA) is 38.0 Å². The Bertz CT molecular complexity index is 588. The second-order valence-electron chi connectivity index (χ2n) is 5.19. The first-order chi connectivity index (χ1) is 9.13. The number of aliphatic hydroxyl groups is 1. The quantitative estimate of drug-likeness (QED) is 0.820. The molecule has 2 aromatic rings. The average molecular weight is 321 g/mol. The summed E-state index contributed by atoms with van der Waals surface area (Å²) in [5, 5.41) is 15.6. The van der Waals surface area contributed by atoms with Crippen LogP contribution in [0.1, 0.15) is 36.1 Å². The summed E-state index contributed by atoms with van der Waals surface area (Å²) in [7, 11) is 1.88. The Kier molecular flexibility index (Phi) is 3.23. The van der Waals surface area contributed by atoms with Crippen LogP contribution in [0, 0.1) is 0 Å². The molecule has 1 aliphatic rings. The summed E-state index contributed by atoms with van der Waals surface area (Å²) in [4.78, 5) is 0. The summed E-state index contributed by atoms with van der Waals surface area (Å²) < 4.78 is 2.64. The van der Waals surface area contributed by atoms with E-state index in [1.54, 1.807) is 10.9 Å². The Hall–Kier alpha value is -1.13. The molecule has 4 heteroatoms. The molecule has 1 aliphatic carbocycles. The summed E-state index contributed by atoms with van der Waals surface area (Å²) in [6.07, 6.45) is 5.66. The van der Waals surface area contributed by atoms with Gasteiger partial charge in [-0.1, -0.05) is 24.3 Å². The fourth-order valence-corrected chi connectivity index (χ4v) is 3.77. The number of hydrogen-bond donors (Lipinski definition) is 1. The van der Waals surface area contributed by atoms with Crippen molar-refractivity contribution >= 4 is 15.9 Å². The molecule has 0 aliphatic heterocycles. The van der Waals surface area contributed by atoms with Gasteiger partial charge >= 0.3 is 0 Å². The summed E-state index contributed by atoms with van der Waals surface area (Å²) in [5.74, 6) is 0. The van der Waals surface area contributed by atoms with Crippen molar-refractivity contribution in [2.75, 3.05) is 0 Å². The maximum absolute atomic E-state index is 11.3. The van der Waals surface area contributed by atoms with E-state index in [1.165, 1.54) is 5.56 Å². The van der Waals surface area contributed by atoms with Crippen molar-refractivity contribution in [1.82, 2.24) is 9.78 Å². The third-order valence-electron chi connectivity index (χ3n) is 3.98. The van der Waals surface area contributed by atoms with Gasteiger partial charge in [0.2, 0.25) is 0 Å². The standard InChI is InChI=1S/C15H17BrN2O/c1-18-14(13(16)10-17-18)15(19)9-5-4-7-11-6-2-3-8-12(11)15/h2-3,6,8,10,19H,4-5,7,9H2,1H3. The number of fused-ring (bicyclic) bond motifs is 1. The zero-order valence-electron chi connectivity index (χ0n) is 10.9. The SMILES string of the molecule is Cn1ncc(Br)c1C1(O)CCCCc2ccccc21. The normalized spacial score (nSPS) is 22.9. The number of aryl methyl sites for hydroxylation is 2. The number of nitrogens with zero attached hydrogens (tertiary/aromatic N) is 2. The Labute approximate surface area is 121 Å². The van der Waals surface area contributed by atoms with E-state index in [1.807, 2.05) is 25.2 Å². The number of hydrogen-bond acceptors (Lipinski definition) is 2. The zero-order valence-corrected chi connectivity index (χ0v) is 12.5. The molecule has 0 spiro atoms. The molecule has 0 saturated heterocycles. The van der Waals surface area contributed by atoms with Crippen molar-refractivity contribution in [2.24, 2.45) is 7.05 Å². The molecule has 1 unspecified atom stereocenters. The predicted octanol–water partition coefficient (Wildman–Crippen LogP) is 3.14. The van der Waals surface area contributed by atoms with Gasteiger partial charge < -0.3 is 5.11 Å². The predicted molar refractivity (Wildman–Crippen MR) is 77.9 cm³/mol. The minimum atomic E-state index is -0.947. The molecular formula is C15H17BrN2O. The third kappa shape index (κ3) is 2.03. The minimum Gasteiger partial charge on any atom is -0.379 e. The highest BCUT2D eigenvalue weighted by Crippen LogP contribution is 2.41. The van der Waals surface area contributed by atoms with E-state index >= 15 is 0 Å². The first-order valence-electron chi connectivity index (χ1n) is 6.61. The second-order valence-corrected chi connectivity index (χ2v) is 6.04. The van der Waals surface area contributed by atoms with Crippen molar-refractivity contribution in [2.45, 2.75) is 31.3 Å². The van der Waals surface area contributed by atoms with Crippen LogP contribution in [-0.4, -0.2) is 14.9 Å². The van der Waals surface area contributed by atoms with Gasteiger partial charge in [-0.3, -0.25) is 4.68 Å². The first kappa shape index (κ1) is 12.9. The van der Waals surface area contributed by atoms with Gasteiger partial charge in [-0.2, -0.15) is 5.10 Å². The molecule has 0 fully saturated rings. The Morgan fingerprint density at radius 1 is 1.32 bits per heavy atom. The lowest BCUT2D eigenvalue weighted by molar-refractivity contribution is 0.0611. The van der Waals surface area contributed by atoms with Crippen LogP contribution in [0.25, 0.3) is 0 Å². The number of benzene rings is 1. The summed E-state index contributed by atoms with van der Waals surface area (Å²) >= 11 is 3.52. The highest BCUT2D eigenvalue weighted by molar-refractivity contribution is 9.10. The van der Waals surface area contributed by atoms with Crippen LogP contribution < -0.4 is 0 Å². The number of rotatable bonds is 1. The Morgan fingerprint density at radius 2 is 2.11 bits per heavy atom. The minimum absolute atomic E-state index is 0.738. The second kappa shape index (κ2) is 4.76. The monoisotopic (exact) mass is 320 g/mol. The first-order valence-corrected chi connectivity index (χ1v) is 7.41. The molecule has 100 valence electrons. The van der Waals surface area contributed by atoms with Crippen LogP contribution in [0.3, 0.4) is 0 Å². The van der Waals surface area contributed by atoms with Gasteiger partial charge in [0.25, 0.3) is 0 Å². The lowest BCUT2D eigenvalue weighted by Crippen LogP contribution is -2.30. The van der Waals surface area contributed by atoms with Gasteiger partial charge in [-0.05, 0) is 52.7 Å². The molecule has 0 radical (unpaired) electrons. The smallest absolute Gasteiger partial charge is 0.132 e. The molecule has 1 aromatic heterocycles. The van der Waals surface area contributed by atoms with E-state index in [0.717, 1.165) is 41.4 Å². The zero-order chi connectivity index (χ0) is 13.5. The van der Waals surface area contributed by atoms with E-state index in [0.29, 0.717) is 0 Å². The highest BCUT2D eigenvalue weighted by Gasteiger charge is 2.38. The van der Waals surface area contributed by atoms with Crippen molar-refractivity contribution in [1.29, 1.82) is 0 Å². The highest BCUT2D eigenvalue weighted by atomic mass is 79.9. The van der Waals surface area contributed by atoms with Gasteiger partial charge in [0.05, 0.1) is 16.4 Å². The van der Waals surface area contributed by atoms with E-state index in [4.69, 9.17) is 0 Å². The van der Waals surface area contributed by atoms with Gasteiger partial charge in [-0.15, -0.1) is 0 Å². The molecule has 3 nitrogen and oxygen atoms in total. The Morgan fingerprint density at radius 3 is 2.84 bits per heavy atom. The largest absolute Gasteiger partial charge is 0.379 e. The molecular weight excluding hydrogens is 304 g/mol. The lowest BCUT2D eigenvalue weighted by Gasteiger charge is -2.29. The van der Waals surface area contributed by atoms with Gasteiger partial charge in [0, 0.05) is 7.05 Å². The van der Waals surface area contributed by atoms with Gasteiger partial charge in [0.1, 0.15) is 5.60 Å². The molecule has 0 saturated carbocycles. The molecule has 19 heavy (non-hydrogen) atoms. The fraction of sp³-hybridized carbons (Fsp3) is 0.400. The molecule has 1 atom stereocenters. The fourth-order valence-electron chi connectivity index (χ4n) is 3.09. The van der Waals surface area contributed by atoms with E-state index in [2.05, 4.69) is 27.1 Å². The van der Waals surface area contributed by atoms with Crippen molar-refractivity contribution in [3.8, 4) is 0 Å². The maximum Gasteiger partial charge on any atom is 0.132 e. The molecule has 0 amide bonds. The van der Waals surface area contributed by atoms with Crippen LogP contribution >= 0.6 is 15.9 Å². The molecule has 1 heterocycles. The third-order valence-corrected chi connectivity index (χ3v) is 4.56. The number of halogens is 1. The number of aromatic nitrogens is 2. The van der Waals surface area contributed by atoms with E-state index in [-0.39, 0.29) is 0 Å². The van der Waals surface area contributed by atoms with Crippen molar-refractivity contribution in [3.63, 3.8) is 0 Å². The van der Waals surface area contributed by atoms with Crippen LogP contribution in [-0.2, 0) is 19.1 Å². The molecule has 0 bridgehead atoms. The average Bonchev–Trinajstić information content (AvgIpc) is 2.65. The van der Waals surface area contributed by atoms with Crippen molar-refractivity contribution in [3.05, 3.63) is 51.8 Å². The van der Waals surface area contributed by atoms with Crippen LogP contribution in [0.2, 0.25) is 0 Å². The molecule has 1 N–H and O–H groups in total. The van der Waals surface area contributed by atoms with E-state index in [9.17, 15) is 5.11 Å². The summed E-state index contributed by atoms with van der Waals surface area (Å²) in [6.45, 7) is 0. The van der Waals surface area contributed by atoms with Crippen LogP contribution in [0.5, 0.6) is 0 Å².